The fourth-order valence-corrected chi connectivity index (χ4v) is 1.85. The molecule has 0 saturated carbocycles. The molecule has 1 aromatic carbocycles. The Hall–Kier alpha value is -2.83. The van der Waals surface area contributed by atoms with Crippen LogP contribution in [-0.2, 0) is 4.79 Å². The van der Waals surface area contributed by atoms with Crippen LogP contribution in [0.4, 0.5) is 11.6 Å². The zero-order valence-electron chi connectivity index (χ0n) is 12.7. The van der Waals surface area contributed by atoms with Crippen LogP contribution in [0.1, 0.15) is 0 Å². The van der Waals surface area contributed by atoms with Gasteiger partial charge in [0, 0.05) is 43.3 Å². The topological polar surface area (TPSA) is 76.6 Å². The Morgan fingerprint density at radius 1 is 1.14 bits per heavy atom. The maximum Gasteiger partial charge on any atom is 0.243 e. The van der Waals surface area contributed by atoms with Crippen LogP contribution in [0.5, 0.6) is 11.5 Å². The van der Waals surface area contributed by atoms with Gasteiger partial charge in [0.1, 0.15) is 11.5 Å². The summed E-state index contributed by atoms with van der Waals surface area (Å²) in [5.41, 5.74) is 0.601. The van der Waals surface area contributed by atoms with Crippen LogP contribution in [-0.4, -0.2) is 43.7 Å². The van der Waals surface area contributed by atoms with E-state index in [0.717, 1.165) is 0 Å². The molecule has 1 aromatic heterocycles. The minimum Gasteiger partial charge on any atom is -0.497 e. The molecular weight excluding hydrogens is 284 g/mol. The third kappa shape index (κ3) is 4.08. The van der Waals surface area contributed by atoms with Crippen LogP contribution in [0.25, 0.3) is 0 Å². The predicted octanol–water partition coefficient (Wildman–Crippen LogP) is 1.57. The monoisotopic (exact) mass is 302 g/mol. The fraction of sp³-hybridized carbons (Fsp3) is 0.267. The van der Waals surface area contributed by atoms with Gasteiger partial charge in [-0.05, 0) is 6.07 Å². The lowest BCUT2D eigenvalue weighted by molar-refractivity contribution is -0.114. The molecule has 0 radical (unpaired) electrons. The zero-order chi connectivity index (χ0) is 15.9. The van der Waals surface area contributed by atoms with Gasteiger partial charge in [0.05, 0.1) is 20.8 Å². The molecule has 2 aromatic rings. The van der Waals surface area contributed by atoms with Crippen molar-refractivity contribution in [2.24, 2.45) is 0 Å². The summed E-state index contributed by atoms with van der Waals surface area (Å²) < 4.78 is 10.3. The molecule has 0 aliphatic heterocycles. The molecule has 0 bridgehead atoms. The third-order valence-electron chi connectivity index (χ3n) is 2.91. The zero-order valence-corrected chi connectivity index (χ0v) is 12.7. The van der Waals surface area contributed by atoms with E-state index >= 15 is 0 Å². The second-order valence-electron chi connectivity index (χ2n) is 4.55. The molecule has 0 fully saturated rings. The van der Waals surface area contributed by atoms with Crippen LogP contribution in [0.15, 0.2) is 36.7 Å². The van der Waals surface area contributed by atoms with E-state index in [0.29, 0.717) is 23.1 Å². The predicted molar refractivity (Wildman–Crippen MR) is 83.5 cm³/mol. The van der Waals surface area contributed by atoms with E-state index < -0.39 is 0 Å². The van der Waals surface area contributed by atoms with Gasteiger partial charge >= 0.3 is 0 Å². The number of likely N-dealkylation sites (N-methyl/N-ethyl adjacent to an activating group) is 1. The first-order valence-electron chi connectivity index (χ1n) is 6.63. The highest BCUT2D eigenvalue weighted by atomic mass is 16.5. The highest BCUT2D eigenvalue weighted by Gasteiger charge is 2.11. The Labute approximate surface area is 128 Å². The lowest BCUT2D eigenvalue weighted by Gasteiger charge is -2.16. The van der Waals surface area contributed by atoms with Crippen molar-refractivity contribution in [3.63, 3.8) is 0 Å². The van der Waals surface area contributed by atoms with Gasteiger partial charge in [-0.1, -0.05) is 0 Å². The number of ether oxygens (including phenoxy) is 2. The summed E-state index contributed by atoms with van der Waals surface area (Å²) >= 11 is 0. The van der Waals surface area contributed by atoms with Crippen molar-refractivity contribution < 1.29 is 14.3 Å². The van der Waals surface area contributed by atoms with Gasteiger partial charge in [-0.25, -0.2) is 9.97 Å². The Morgan fingerprint density at radius 2 is 1.73 bits per heavy atom. The van der Waals surface area contributed by atoms with E-state index in [1.54, 1.807) is 62.8 Å². The van der Waals surface area contributed by atoms with Gasteiger partial charge in [-0.3, -0.25) is 4.79 Å². The van der Waals surface area contributed by atoms with Crippen LogP contribution in [0.3, 0.4) is 0 Å². The summed E-state index contributed by atoms with van der Waals surface area (Å²) in [6.45, 7) is 0.129. The summed E-state index contributed by atoms with van der Waals surface area (Å²) in [6, 6.07) is 6.90. The van der Waals surface area contributed by atoms with Crippen molar-refractivity contribution in [1.82, 2.24) is 9.97 Å². The van der Waals surface area contributed by atoms with Crippen molar-refractivity contribution in [2.45, 2.75) is 0 Å². The Bertz CT molecular complexity index is 612. The molecule has 2 rings (SSSR count). The Balaban J connectivity index is 2.03. The van der Waals surface area contributed by atoms with Crippen molar-refractivity contribution >= 4 is 17.5 Å². The van der Waals surface area contributed by atoms with E-state index in [1.165, 1.54) is 0 Å². The van der Waals surface area contributed by atoms with Crippen molar-refractivity contribution in [1.29, 1.82) is 0 Å². The van der Waals surface area contributed by atoms with E-state index in [1.807, 2.05) is 0 Å². The Morgan fingerprint density at radius 3 is 2.27 bits per heavy atom. The normalized spacial score (nSPS) is 9.95. The number of amides is 1. The van der Waals surface area contributed by atoms with Crippen LogP contribution in [0, 0.1) is 0 Å². The number of nitrogens with zero attached hydrogens (tertiary/aromatic N) is 3. The summed E-state index contributed by atoms with van der Waals surface area (Å²) in [4.78, 5) is 21.9. The SMILES string of the molecule is COc1cc(NC(=O)CN(C)c2ncccn2)cc(OC)c1. The Kier molecular flexibility index (Phi) is 5.13. The molecular formula is C15H18N4O3. The second kappa shape index (κ2) is 7.26. The summed E-state index contributed by atoms with van der Waals surface area (Å²) in [5.74, 6) is 1.51. The smallest absolute Gasteiger partial charge is 0.243 e. The molecule has 1 amide bonds. The van der Waals surface area contributed by atoms with E-state index in [9.17, 15) is 4.79 Å². The largest absolute Gasteiger partial charge is 0.497 e. The number of carbonyl (C=O) groups excluding carboxylic acids is 1. The number of nitrogens with one attached hydrogen (secondary N) is 1. The van der Waals surface area contributed by atoms with Crippen LogP contribution < -0.4 is 19.7 Å². The molecule has 7 heteroatoms. The molecule has 1 heterocycles. The molecule has 0 atom stereocenters. The van der Waals surface area contributed by atoms with Gasteiger partial charge in [0.15, 0.2) is 0 Å². The first-order valence-corrected chi connectivity index (χ1v) is 6.63. The van der Waals surface area contributed by atoms with Gasteiger partial charge in [0.25, 0.3) is 0 Å². The average Bonchev–Trinajstić information content (AvgIpc) is 2.55. The quantitative estimate of drug-likeness (QED) is 0.873. The molecule has 0 unspecified atom stereocenters. The number of rotatable bonds is 6. The molecule has 1 N–H and O–H groups in total. The lowest BCUT2D eigenvalue weighted by atomic mass is 10.2. The summed E-state index contributed by atoms with van der Waals surface area (Å²) in [6.07, 6.45) is 3.26. The molecule has 116 valence electrons. The maximum atomic E-state index is 12.1. The number of anilines is 2. The molecule has 0 saturated heterocycles. The number of hydrogen-bond acceptors (Lipinski definition) is 6. The molecule has 22 heavy (non-hydrogen) atoms. The standard InChI is InChI=1S/C15H18N4O3/c1-19(15-16-5-4-6-17-15)10-14(20)18-11-7-12(21-2)9-13(8-11)22-3/h4-9H,10H2,1-3H3,(H,18,20). The van der Waals surface area contributed by atoms with Crippen molar-refractivity contribution in [3.05, 3.63) is 36.7 Å². The maximum absolute atomic E-state index is 12.1. The van der Waals surface area contributed by atoms with E-state index in [2.05, 4.69) is 15.3 Å². The molecule has 0 spiro atoms. The van der Waals surface area contributed by atoms with Gasteiger partial charge in [-0.15, -0.1) is 0 Å². The van der Waals surface area contributed by atoms with Crippen molar-refractivity contribution in [3.8, 4) is 11.5 Å². The highest BCUT2D eigenvalue weighted by molar-refractivity contribution is 5.94. The number of benzene rings is 1. The minimum atomic E-state index is -0.190. The second-order valence-corrected chi connectivity index (χ2v) is 4.55. The van der Waals surface area contributed by atoms with Gasteiger partial charge < -0.3 is 19.7 Å². The van der Waals surface area contributed by atoms with Gasteiger partial charge in [-0.2, -0.15) is 0 Å². The average molecular weight is 302 g/mol. The highest BCUT2D eigenvalue weighted by Crippen LogP contribution is 2.25. The molecule has 0 aliphatic carbocycles. The van der Waals surface area contributed by atoms with Crippen LogP contribution in [0.2, 0.25) is 0 Å². The van der Waals surface area contributed by atoms with Crippen molar-refractivity contribution in [2.75, 3.05) is 38.0 Å². The summed E-state index contributed by atoms with van der Waals surface area (Å²) in [7, 11) is 4.86. The third-order valence-corrected chi connectivity index (χ3v) is 2.91. The number of aromatic nitrogens is 2. The number of hydrogen-bond donors (Lipinski definition) is 1. The first-order chi connectivity index (χ1) is 10.6. The molecule has 0 aliphatic rings. The molecule has 7 nitrogen and oxygen atoms in total. The minimum absolute atomic E-state index is 0.129. The van der Waals surface area contributed by atoms with E-state index in [-0.39, 0.29) is 12.5 Å². The first kappa shape index (κ1) is 15.6. The summed E-state index contributed by atoms with van der Waals surface area (Å²) in [5, 5.41) is 2.80. The fourth-order valence-electron chi connectivity index (χ4n) is 1.85. The lowest BCUT2D eigenvalue weighted by Crippen LogP contribution is -2.31. The van der Waals surface area contributed by atoms with Crippen LogP contribution >= 0.6 is 0 Å². The van der Waals surface area contributed by atoms with E-state index in [4.69, 9.17) is 9.47 Å². The number of methoxy groups -OCH3 is 2. The van der Waals surface area contributed by atoms with Gasteiger partial charge in [0.2, 0.25) is 11.9 Å². The number of carbonyl (C=O) groups is 1.